The summed E-state index contributed by atoms with van der Waals surface area (Å²) in [6.07, 6.45) is 0. The average Bonchev–Trinajstić information content (AvgIpc) is 3.01. The third-order valence-corrected chi connectivity index (χ3v) is 3.74. The predicted octanol–water partition coefficient (Wildman–Crippen LogP) is 3.91. The highest BCUT2D eigenvalue weighted by Crippen LogP contribution is 2.33. The van der Waals surface area contributed by atoms with Gasteiger partial charge in [0, 0.05) is 6.07 Å². The van der Waals surface area contributed by atoms with Crippen LogP contribution in [0.25, 0.3) is 0 Å². The maximum Gasteiger partial charge on any atom is 0.273 e. The number of carbonyl (C=O) groups excluding carboxylic acids is 1. The molecule has 2 aromatic rings. The minimum Gasteiger partial charge on any atom is -0.490 e. The lowest BCUT2D eigenvalue weighted by Gasteiger charge is -2.23. The summed E-state index contributed by atoms with van der Waals surface area (Å²) in [6, 6.07) is 7.20. The van der Waals surface area contributed by atoms with Crippen molar-refractivity contribution in [2.45, 2.75) is 40.7 Å². The van der Waals surface area contributed by atoms with Crippen molar-refractivity contribution in [2.75, 3.05) is 13.2 Å². The monoisotopic (exact) mass is 346 g/mol. The molecular formula is C19H26N2O4. The number of aryl methyl sites for hydroxylation is 1. The first-order chi connectivity index (χ1) is 12.0. The molecular weight excluding hydrogens is 320 g/mol. The third kappa shape index (κ3) is 4.75. The quantitative estimate of drug-likeness (QED) is 0.784. The third-order valence-electron chi connectivity index (χ3n) is 3.74. The van der Waals surface area contributed by atoms with Gasteiger partial charge in [-0.25, -0.2) is 0 Å². The van der Waals surface area contributed by atoms with Gasteiger partial charge in [-0.3, -0.25) is 4.79 Å². The van der Waals surface area contributed by atoms with Crippen molar-refractivity contribution in [3.8, 4) is 11.5 Å². The molecule has 1 atom stereocenters. The Morgan fingerprint density at radius 2 is 1.84 bits per heavy atom. The van der Waals surface area contributed by atoms with Crippen LogP contribution in [0.15, 0.2) is 28.8 Å². The van der Waals surface area contributed by atoms with Gasteiger partial charge in [-0.1, -0.05) is 25.1 Å². The molecule has 0 spiro atoms. The maximum atomic E-state index is 12.4. The number of rotatable bonds is 8. The summed E-state index contributed by atoms with van der Waals surface area (Å²) in [5, 5.41) is 6.80. The second-order valence-electron chi connectivity index (χ2n) is 6.09. The van der Waals surface area contributed by atoms with Crippen LogP contribution in [0.4, 0.5) is 0 Å². The van der Waals surface area contributed by atoms with Gasteiger partial charge < -0.3 is 19.3 Å². The number of amides is 1. The SMILES string of the molecule is CCOc1ccc(C(NC(=O)c2cc(C)on2)C(C)C)cc1OCC. The Morgan fingerprint density at radius 1 is 1.16 bits per heavy atom. The van der Waals surface area contributed by atoms with Crippen LogP contribution in [0.5, 0.6) is 11.5 Å². The van der Waals surface area contributed by atoms with E-state index in [1.54, 1.807) is 13.0 Å². The summed E-state index contributed by atoms with van der Waals surface area (Å²) in [5.41, 5.74) is 1.23. The molecule has 1 aromatic carbocycles. The van der Waals surface area contributed by atoms with Gasteiger partial charge >= 0.3 is 0 Å². The first-order valence-corrected chi connectivity index (χ1v) is 8.60. The summed E-state index contributed by atoms with van der Waals surface area (Å²) < 4.78 is 16.3. The zero-order valence-corrected chi connectivity index (χ0v) is 15.5. The first-order valence-electron chi connectivity index (χ1n) is 8.60. The van der Waals surface area contributed by atoms with Crippen LogP contribution in [0.1, 0.15) is 55.5 Å². The van der Waals surface area contributed by atoms with Gasteiger partial charge in [0.05, 0.1) is 19.3 Å². The highest BCUT2D eigenvalue weighted by Gasteiger charge is 2.22. The Bertz CT molecular complexity index is 709. The lowest BCUT2D eigenvalue weighted by Crippen LogP contribution is -2.32. The molecule has 0 saturated carbocycles. The largest absolute Gasteiger partial charge is 0.490 e. The van der Waals surface area contributed by atoms with Crippen LogP contribution in [-0.4, -0.2) is 24.3 Å². The molecule has 1 amide bonds. The fraction of sp³-hybridized carbons (Fsp3) is 0.474. The predicted molar refractivity (Wildman–Crippen MR) is 95.1 cm³/mol. The zero-order valence-electron chi connectivity index (χ0n) is 15.5. The Morgan fingerprint density at radius 3 is 2.40 bits per heavy atom. The molecule has 0 fully saturated rings. The fourth-order valence-electron chi connectivity index (χ4n) is 2.58. The number of nitrogens with zero attached hydrogens (tertiary/aromatic N) is 1. The van der Waals surface area contributed by atoms with Gasteiger partial charge in [-0.15, -0.1) is 0 Å². The second-order valence-corrected chi connectivity index (χ2v) is 6.09. The van der Waals surface area contributed by atoms with Crippen molar-refractivity contribution in [2.24, 2.45) is 5.92 Å². The topological polar surface area (TPSA) is 73.6 Å². The van der Waals surface area contributed by atoms with Crippen LogP contribution < -0.4 is 14.8 Å². The smallest absolute Gasteiger partial charge is 0.273 e. The molecule has 1 aromatic heterocycles. The van der Waals surface area contributed by atoms with E-state index in [1.807, 2.05) is 32.0 Å². The van der Waals surface area contributed by atoms with Crippen LogP contribution in [0, 0.1) is 12.8 Å². The number of aromatic nitrogens is 1. The summed E-state index contributed by atoms with van der Waals surface area (Å²) in [6.45, 7) is 10.8. The molecule has 1 heterocycles. The Hall–Kier alpha value is -2.50. The number of hydrogen-bond donors (Lipinski definition) is 1. The van der Waals surface area contributed by atoms with Crippen molar-refractivity contribution in [3.63, 3.8) is 0 Å². The van der Waals surface area contributed by atoms with Crippen molar-refractivity contribution in [3.05, 3.63) is 41.3 Å². The molecule has 0 aliphatic heterocycles. The van der Waals surface area contributed by atoms with E-state index in [2.05, 4.69) is 24.3 Å². The molecule has 136 valence electrons. The fourth-order valence-corrected chi connectivity index (χ4v) is 2.58. The number of ether oxygens (including phenoxy) is 2. The Balaban J connectivity index is 2.27. The lowest BCUT2D eigenvalue weighted by atomic mass is 9.95. The van der Waals surface area contributed by atoms with Crippen molar-refractivity contribution < 1.29 is 18.8 Å². The minimum absolute atomic E-state index is 0.181. The number of hydrogen-bond acceptors (Lipinski definition) is 5. The summed E-state index contributed by atoms with van der Waals surface area (Å²) >= 11 is 0. The van der Waals surface area contributed by atoms with E-state index in [0.29, 0.717) is 30.5 Å². The van der Waals surface area contributed by atoms with Crippen molar-refractivity contribution >= 4 is 5.91 Å². The molecule has 0 bridgehead atoms. The van der Waals surface area contributed by atoms with E-state index >= 15 is 0 Å². The van der Waals surface area contributed by atoms with Gasteiger partial charge in [-0.2, -0.15) is 0 Å². The van der Waals surface area contributed by atoms with Crippen LogP contribution in [-0.2, 0) is 0 Å². The Kier molecular flexibility index (Phi) is 6.44. The normalized spacial score (nSPS) is 12.1. The van der Waals surface area contributed by atoms with Crippen LogP contribution >= 0.6 is 0 Å². The highest BCUT2D eigenvalue weighted by molar-refractivity contribution is 5.92. The van der Waals surface area contributed by atoms with Crippen molar-refractivity contribution in [1.29, 1.82) is 0 Å². The van der Waals surface area contributed by atoms with E-state index in [1.165, 1.54) is 0 Å². The van der Waals surface area contributed by atoms with Crippen molar-refractivity contribution in [1.82, 2.24) is 10.5 Å². The highest BCUT2D eigenvalue weighted by atomic mass is 16.5. The molecule has 1 N–H and O–H groups in total. The number of benzene rings is 1. The standard InChI is InChI=1S/C19H26N2O4/c1-6-23-16-9-8-14(11-17(16)24-7-2)18(12(3)4)20-19(22)15-10-13(5)25-21-15/h8-12,18H,6-7H2,1-5H3,(H,20,22). The van der Waals surface area contributed by atoms with E-state index < -0.39 is 0 Å². The van der Waals surface area contributed by atoms with Crippen LogP contribution in [0.2, 0.25) is 0 Å². The van der Waals surface area contributed by atoms with E-state index in [9.17, 15) is 4.79 Å². The van der Waals surface area contributed by atoms with Crippen LogP contribution in [0.3, 0.4) is 0 Å². The number of carbonyl (C=O) groups is 1. The average molecular weight is 346 g/mol. The summed E-state index contributed by atoms with van der Waals surface area (Å²) in [7, 11) is 0. The summed E-state index contributed by atoms with van der Waals surface area (Å²) in [4.78, 5) is 12.4. The number of nitrogens with one attached hydrogen (secondary N) is 1. The molecule has 0 aliphatic carbocycles. The van der Waals surface area contributed by atoms with Gasteiger partial charge in [0.15, 0.2) is 17.2 Å². The van der Waals surface area contributed by atoms with E-state index in [-0.39, 0.29) is 23.6 Å². The molecule has 25 heavy (non-hydrogen) atoms. The minimum atomic E-state index is -0.262. The van der Waals surface area contributed by atoms with E-state index in [0.717, 1.165) is 5.56 Å². The maximum absolute atomic E-state index is 12.4. The molecule has 0 radical (unpaired) electrons. The molecule has 0 saturated heterocycles. The zero-order chi connectivity index (χ0) is 18.4. The molecule has 6 nitrogen and oxygen atoms in total. The lowest BCUT2D eigenvalue weighted by molar-refractivity contribution is 0.0916. The second kappa shape index (κ2) is 8.55. The van der Waals surface area contributed by atoms with Gasteiger partial charge in [0.25, 0.3) is 5.91 Å². The molecule has 1 unspecified atom stereocenters. The molecule has 6 heteroatoms. The van der Waals surface area contributed by atoms with E-state index in [4.69, 9.17) is 14.0 Å². The Labute approximate surface area is 148 Å². The van der Waals surface area contributed by atoms with Gasteiger partial charge in [0.1, 0.15) is 5.76 Å². The summed E-state index contributed by atoms with van der Waals surface area (Å²) in [5.74, 6) is 1.91. The molecule has 2 rings (SSSR count). The van der Waals surface area contributed by atoms with Gasteiger partial charge in [0.2, 0.25) is 0 Å². The van der Waals surface area contributed by atoms with Gasteiger partial charge in [-0.05, 0) is 44.4 Å². The molecule has 0 aliphatic rings. The first kappa shape index (κ1) is 18.8.